The number of halogens is 2. The van der Waals surface area contributed by atoms with Crippen molar-refractivity contribution in [2.75, 3.05) is 6.54 Å². The summed E-state index contributed by atoms with van der Waals surface area (Å²) in [6, 6.07) is 1.87. The van der Waals surface area contributed by atoms with Gasteiger partial charge in [0.25, 0.3) is 0 Å². The third-order valence-electron chi connectivity index (χ3n) is 3.22. The molecule has 5 nitrogen and oxygen atoms in total. The Morgan fingerprint density at radius 2 is 2.10 bits per heavy atom. The van der Waals surface area contributed by atoms with E-state index in [9.17, 15) is 17.6 Å². The normalized spacial score (nSPS) is 20.8. The lowest BCUT2D eigenvalue weighted by molar-refractivity contribution is -0.142. The fourth-order valence-electron chi connectivity index (χ4n) is 2.24. The van der Waals surface area contributed by atoms with Crippen LogP contribution in [0.2, 0.25) is 5.02 Å². The van der Waals surface area contributed by atoms with E-state index in [1.54, 1.807) is 0 Å². The van der Waals surface area contributed by atoms with Crippen molar-refractivity contribution in [2.24, 2.45) is 0 Å². The van der Waals surface area contributed by atoms with E-state index < -0.39 is 32.7 Å². The minimum Gasteiger partial charge on any atom is -0.480 e. The Labute approximate surface area is 121 Å². The summed E-state index contributed by atoms with van der Waals surface area (Å²) in [4.78, 5) is 10.8. The molecule has 0 bridgehead atoms. The number of carboxylic acid groups (broad SMARTS) is 1. The fraction of sp³-hybridized carbons (Fsp3) is 0.417. The molecule has 0 saturated carbocycles. The maximum absolute atomic E-state index is 13.2. The zero-order valence-electron chi connectivity index (χ0n) is 10.4. The number of sulfonamides is 1. The standard InChI is InChI=1S/C12H13ClFNO4S/c13-9-5-4-8(14)7-11(9)20(18,19)15-6-2-1-3-10(15)12(16)17/h4-5,7,10H,1-3,6H2,(H,16,17). The molecule has 8 heteroatoms. The van der Waals surface area contributed by atoms with Gasteiger partial charge in [-0.15, -0.1) is 0 Å². The number of hydrogen-bond donors (Lipinski definition) is 1. The third kappa shape index (κ3) is 2.79. The Bertz CT molecular complexity index is 634. The summed E-state index contributed by atoms with van der Waals surface area (Å²) >= 11 is 5.81. The van der Waals surface area contributed by atoms with Gasteiger partial charge in [0.1, 0.15) is 16.8 Å². The molecular formula is C12H13ClFNO4S. The molecule has 20 heavy (non-hydrogen) atoms. The lowest BCUT2D eigenvalue weighted by Crippen LogP contribution is -2.47. The molecule has 1 aromatic carbocycles. The Balaban J connectivity index is 2.47. The van der Waals surface area contributed by atoms with E-state index >= 15 is 0 Å². The molecule has 1 saturated heterocycles. The molecule has 0 amide bonds. The summed E-state index contributed by atoms with van der Waals surface area (Å²) in [7, 11) is -4.13. The second-order valence-electron chi connectivity index (χ2n) is 4.54. The van der Waals surface area contributed by atoms with Crippen LogP contribution < -0.4 is 0 Å². The predicted octanol–water partition coefficient (Wildman–Crippen LogP) is 2.11. The summed E-state index contributed by atoms with van der Waals surface area (Å²) in [6.07, 6.45) is 1.44. The minimum atomic E-state index is -4.13. The molecule has 110 valence electrons. The monoisotopic (exact) mass is 321 g/mol. The number of rotatable bonds is 3. The van der Waals surface area contributed by atoms with Crippen LogP contribution in [0.25, 0.3) is 0 Å². The maximum atomic E-state index is 13.2. The van der Waals surface area contributed by atoms with Gasteiger partial charge in [-0.25, -0.2) is 12.8 Å². The van der Waals surface area contributed by atoms with Gasteiger partial charge in [-0.05, 0) is 37.5 Å². The summed E-state index contributed by atoms with van der Waals surface area (Å²) in [5.74, 6) is -1.95. The lowest BCUT2D eigenvalue weighted by Gasteiger charge is -2.32. The van der Waals surface area contributed by atoms with E-state index in [0.717, 1.165) is 22.5 Å². The summed E-state index contributed by atoms with van der Waals surface area (Å²) in [6.45, 7) is 0.0894. The molecule has 2 rings (SSSR count). The molecule has 0 spiro atoms. The molecule has 1 aliphatic rings. The van der Waals surface area contributed by atoms with E-state index in [1.807, 2.05) is 0 Å². The predicted molar refractivity (Wildman–Crippen MR) is 70.6 cm³/mol. The van der Waals surface area contributed by atoms with Crippen LogP contribution in [0.4, 0.5) is 4.39 Å². The smallest absolute Gasteiger partial charge is 0.322 e. The van der Waals surface area contributed by atoms with Crippen LogP contribution in [0.3, 0.4) is 0 Å². The molecule has 1 fully saturated rings. The molecular weight excluding hydrogens is 309 g/mol. The highest BCUT2D eigenvalue weighted by molar-refractivity contribution is 7.89. The Morgan fingerprint density at radius 3 is 2.75 bits per heavy atom. The summed E-state index contributed by atoms with van der Waals surface area (Å²) in [5.41, 5.74) is 0. The first-order valence-electron chi connectivity index (χ1n) is 6.04. The van der Waals surface area contributed by atoms with Gasteiger partial charge in [-0.3, -0.25) is 4.79 Å². The topological polar surface area (TPSA) is 74.7 Å². The highest BCUT2D eigenvalue weighted by Crippen LogP contribution is 2.30. The van der Waals surface area contributed by atoms with Crippen molar-refractivity contribution >= 4 is 27.6 Å². The highest BCUT2D eigenvalue weighted by Gasteiger charge is 2.38. The van der Waals surface area contributed by atoms with Crippen LogP contribution >= 0.6 is 11.6 Å². The quantitative estimate of drug-likeness (QED) is 0.925. The van der Waals surface area contributed by atoms with E-state index in [-0.39, 0.29) is 18.0 Å². The van der Waals surface area contributed by atoms with Crippen molar-refractivity contribution in [3.8, 4) is 0 Å². The van der Waals surface area contributed by atoms with E-state index in [0.29, 0.717) is 12.8 Å². The van der Waals surface area contributed by atoms with Gasteiger partial charge >= 0.3 is 5.97 Å². The van der Waals surface area contributed by atoms with Crippen LogP contribution in [0.5, 0.6) is 0 Å². The highest BCUT2D eigenvalue weighted by atomic mass is 35.5. The number of carbonyl (C=O) groups is 1. The van der Waals surface area contributed by atoms with Crippen molar-refractivity contribution in [1.29, 1.82) is 0 Å². The SMILES string of the molecule is O=C(O)C1CCCCN1S(=O)(=O)c1cc(F)ccc1Cl. The van der Waals surface area contributed by atoms with E-state index in [1.165, 1.54) is 0 Å². The van der Waals surface area contributed by atoms with Gasteiger partial charge < -0.3 is 5.11 Å². The molecule has 1 aliphatic heterocycles. The zero-order chi connectivity index (χ0) is 14.9. The number of benzene rings is 1. The average Bonchev–Trinajstić information content (AvgIpc) is 2.41. The van der Waals surface area contributed by atoms with Gasteiger partial charge in [-0.1, -0.05) is 11.6 Å². The Hall–Kier alpha value is -1.18. The van der Waals surface area contributed by atoms with Crippen molar-refractivity contribution < 1.29 is 22.7 Å². The molecule has 1 heterocycles. The summed E-state index contributed by atoms with van der Waals surface area (Å²) < 4.78 is 39.1. The second-order valence-corrected chi connectivity index (χ2v) is 6.81. The molecule has 1 unspecified atom stereocenters. The van der Waals surface area contributed by atoms with E-state index in [4.69, 9.17) is 16.7 Å². The van der Waals surface area contributed by atoms with Gasteiger partial charge in [0.15, 0.2) is 0 Å². The number of nitrogens with zero attached hydrogens (tertiary/aromatic N) is 1. The van der Waals surface area contributed by atoms with Crippen LogP contribution in [-0.4, -0.2) is 36.4 Å². The van der Waals surface area contributed by atoms with Crippen LogP contribution in [0.15, 0.2) is 23.1 Å². The van der Waals surface area contributed by atoms with Crippen molar-refractivity contribution in [3.63, 3.8) is 0 Å². The summed E-state index contributed by atoms with van der Waals surface area (Å²) in [5, 5.41) is 9.01. The largest absolute Gasteiger partial charge is 0.480 e. The number of carboxylic acids is 1. The maximum Gasteiger partial charge on any atom is 0.322 e. The molecule has 0 aliphatic carbocycles. The third-order valence-corrected chi connectivity index (χ3v) is 5.61. The molecule has 0 radical (unpaired) electrons. The first kappa shape index (κ1) is 15.2. The van der Waals surface area contributed by atoms with Crippen molar-refractivity contribution in [3.05, 3.63) is 29.0 Å². The molecule has 1 aromatic rings. The minimum absolute atomic E-state index is 0.0894. The first-order chi connectivity index (χ1) is 9.34. The van der Waals surface area contributed by atoms with Gasteiger partial charge in [-0.2, -0.15) is 4.31 Å². The average molecular weight is 322 g/mol. The zero-order valence-corrected chi connectivity index (χ0v) is 12.0. The number of piperidine rings is 1. The first-order valence-corrected chi connectivity index (χ1v) is 7.85. The molecule has 0 aromatic heterocycles. The molecule has 1 atom stereocenters. The number of hydrogen-bond acceptors (Lipinski definition) is 3. The van der Waals surface area contributed by atoms with Crippen LogP contribution in [0.1, 0.15) is 19.3 Å². The lowest BCUT2D eigenvalue weighted by atomic mass is 10.1. The number of aliphatic carboxylic acids is 1. The van der Waals surface area contributed by atoms with Crippen LogP contribution in [-0.2, 0) is 14.8 Å². The van der Waals surface area contributed by atoms with Gasteiger partial charge in [0.05, 0.1) is 5.02 Å². The second kappa shape index (κ2) is 5.67. The van der Waals surface area contributed by atoms with Crippen molar-refractivity contribution in [1.82, 2.24) is 4.31 Å². The van der Waals surface area contributed by atoms with Gasteiger partial charge in [0, 0.05) is 6.54 Å². The Morgan fingerprint density at radius 1 is 1.40 bits per heavy atom. The molecule has 1 N–H and O–H groups in total. The Kier molecular flexibility index (Phi) is 4.31. The van der Waals surface area contributed by atoms with E-state index in [2.05, 4.69) is 0 Å². The fourth-order valence-corrected chi connectivity index (χ4v) is 4.38. The van der Waals surface area contributed by atoms with Crippen molar-refractivity contribution in [2.45, 2.75) is 30.2 Å². The van der Waals surface area contributed by atoms with Crippen LogP contribution in [0, 0.1) is 5.82 Å². The van der Waals surface area contributed by atoms with Gasteiger partial charge in [0.2, 0.25) is 10.0 Å².